The van der Waals surface area contributed by atoms with Gasteiger partial charge in [0.1, 0.15) is 12.1 Å². The summed E-state index contributed by atoms with van der Waals surface area (Å²) in [5, 5.41) is 18.0. The van der Waals surface area contributed by atoms with Gasteiger partial charge in [0.25, 0.3) is 0 Å². The van der Waals surface area contributed by atoms with Crippen LogP contribution in [0.4, 0.5) is 0 Å². The van der Waals surface area contributed by atoms with Gasteiger partial charge in [-0.15, -0.1) is 13.2 Å². The summed E-state index contributed by atoms with van der Waals surface area (Å²) in [6.45, 7) is 6.81. The van der Waals surface area contributed by atoms with E-state index in [0.29, 0.717) is 0 Å². The maximum Gasteiger partial charge on any atom is 0.323 e. The SMILES string of the molecule is C=CCS(=O)C[C@H](NN[C@@H](CS(=O)CC=C)C(=O)O)C(=O)O. The summed E-state index contributed by atoms with van der Waals surface area (Å²) < 4.78 is 23.1. The molecule has 0 bridgehead atoms. The minimum atomic E-state index is -1.43. The molecule has 0 saturated heterocycles. The van der Waals surface area contributed by atoms with Gasteiger partial charge in [-0.1, -0.05) is 12.2 Å². The molecule has 0 fully saturated rings. The van der Waals surface area contributed by atoms with Gasteiger partial charge in [-0.25, -0.2) is 10.9 Å². The summed E-state index contributed by atoms with van der Waals surface area (Å²) >= 11 is 0. The first-order valence-corrected chi connectivity index (χ1v) is 9.17. The van der Waals surface area contributed by atoms with Crippen LogP contribution in [0, 0.1) is 0 Å². The fourth-order valence-electron chi connectivity index (χ4n) is 1.32. The first-order chi connectivity index (χ1) is 10.3. The lowest BCUT2D eigenvalue weighted by atomic mass is 10.3. The van der Waals surface area contributed by atoms with Crippen molar-refractivity contribution in [1.82, 2.24) is 10.9 Å². The molecule has 0 aromatic carbocycles. The van der Waals surface area contributed by atoms with Crippen molar-refractivity contribution in [3.63, 3.8) is 0 Å². The van der Waals surface area contributed by atoms with Crippen molar-refractivity contribution in [2.45, 2.75) is 12.1 Å². The Kier molecular flexibility index (Phi) is 10.5. The predicted molar refractivity (Wildman–Crippen MR) is 85.3 cm³/mol. The van der Waals surface area contributed by atoms with Crippen molar-refractivity contribution in [3.05, 3.63) is 25.3 Å². The summed E-state index contributed by atoms with van der Waals surface area (Å²) in [7, 11) is -2.86. The molecule has 0 amide bonds. The second kappa shape index (κ2) is 11.2. The molecule has 0 aromatic heterocycles. The molecule has 0 aliphatic rings. The highest BCUT2D eigenvalue weighted by Crippen LogP contribution is 1.94. The monoisotopic (exact) mass is 352 g/mol. The average Bonchev–Trinajstić information content (AvgIpc) is 2.41. The zero-order valence-corrected chi connectivity index (χ0v) is 13.5. The second-order valence-corrected chi connectivity index (χ2v) is 7.29. The lowest BCUT2D eigenvalue weighted by molar-refractivity contribution is -0.142. The van der Waals surface area contributed by atoms with E-state index in [1.807, 2.05) is 0 Å². The number of carbonyl (C=O) groups is 2. The predicted octanol–water partition coefficient (Wildman–Crippen LogP) is -1.14. The molecule has 0 aromatic rings. The van der Waals surface area contributed by atoms with Gasteiger partial charge in [0.2, 0.25) is 0 Å². The fourth-order valence-corrected chi connectivity index (χ4v) is 3.31. The second-order valence-electron chi connectivity index (χ2n) is 4.19. The van der Waals surface area contributed by atoms with E-state index >= 15 is 0 Å². The Hall–Kier alpha value is -1.36. The molecule has 4 atom stereocenters. The van der Waals surface area contributed by atoms with Gasteiger partial charge in [0, 0.05) is 33.1 Å². The normalized spacial score (nSPS) is 16.2. The van der Waals surface area contributed by atoms with Gasteiger partial charge < -0.3 is 10.2 Å². The zero-order valence-electron chi connectivity index (χ0n) is 11.9. The first-order valence-electron chi connectivity index (χ1n) is 6.20. The van der Waals surface area contributed by atoms with E-state index in [-0.39, 0.29) is 23.0 Å². The summed E-state index contributed by atoms with van der Waals surface area (Å²) in [4.78, 5) is 22.1. The van der Waals surface area contributed by atoms with E-state index in [9.17, 15) is 18.0 Å². The van der Waals surface area contributed by atoms with E-state index in [1.54, 1.807) is 0 Å². The Morgan fingerprint density at radius 1 is 0.909 bits per heavy atom. The van der Waals surface area contributed by atoms with Crippen LogP contribution in [0.3, 0.4) is 0 Å². The third-order valence-corrected chi connectivity index (χ3v) is 4.97. The third kappa shape index (κ3) is 8.82. The molecule has 0 heterocycles. The largest absolute Gasteiger partial charge is 0.480 e. The van der Waals surface area contributed by atoms with Crippen molar-refractivity contribution in [3.8, 4) is 0 Å². The lowest BCUT2D eigenvalue weighted by Gasteiger charge is -2.19. The summed E-state index contributed by atoms with van der Waals surface area (Å²) in [6.07, 6.45) is 2.81. The van der Waals surface area contributed by atoms with Gasteiger partial charge in [-0.2, -0.15) is 0 Å². The molecule has 2 unspecified atom stereocenters. The Balaban J connectivity index is 4.63. The van der Waals surface area contributed by atoms with Gasteiger partial charge in [0.15, 0.2) is 0 Å². The van der Waals surface area contributed by atoms with Crippen LogP contribution in [-0.2, 0) is 31.2 Å². The first kappa shape index (κ1) is 20.6. The highest BCUT2D eigenvalue weighted by molar-refractivity contribution is 7.85. The Morgan fingerprint density at radius 3 is 1.45 bits per heavy atom. The molecular formula is C12H20N2O6S2. The van der Waals surface area contributed by atoms with Crippen molar-refractivity contribution < 1.29 is 28.2 Å². The van der Waals surface area contributed by atoms with Crippen molar-refractivity contribution >= 4 is 33.5 Å². The Labute approximate surface area is 133 Å². The van der Waals surface area contributed by atoms with Gasteiger partial charge in [-0.05, 0) is 0 Å². The number of nitrogens with one attached hydrogen (secondary N) is 2. The van der Waals surface area contributed by atoms with E-state index in [1.165, 1.54) is 12.2 Å². The third-order valence-electron chi connectivity index (χ3n) is 2.34. The summed E-state index contributed by atoms with van der Waals surface area (Å²) in [5.74, 6) is -2.70. The number of rotatable bonds is 13. The van der Waals surface area contributed by atoms with Crippen LogP contribution in [-0.4, -0.2) is 65.7 Å². The topological polar surface area (TPSA) is 133 Å². The molecule has 0 spiro atoms. The van der Waals surface area contributed by atoms with Crippen molar-refractivity contribution in [2.24, 2.45) is 0 Å². The molecule has 0 radical (unpaired) electrons. The number of hydrogen-bond acceptors (Lipinski definition) is 6. The van der Waals surface area contributed by atoms with Gasteiger partial charge in [0.05, 0.1) is 11.5 Å². The minimum Gasteiger partial charge on any atom is -0.480 e. The molecule has 10 heteroatoms. The average molecular weight is 352 g/mol. The molecule has 8 nitrogen and oxygen atoms in total. The molecule has 0 saturated carbocycles. The maximum atomic E-state index is 11.5. The van der Waals surface area contributed by atoms with Crippen LogP contribution in [0.25, 0.3) is 0 Å². The lowest BCUT2D eigenvalue weighted by Crippen LogP contribution is -2.55. The molecule has 0 aliphatic heterocycles. The standard InChI is InChI=1S/C12H20N2O6S2/c1-3-5-21(19)7-9(11(15)16)13-14-10(12(17)18)8-22(20)6-4-2/h3-4,9-10,13-14H,1-2,5-8H2,(H,15,16)(H,17,18)/t9-,10-,21?,22?/m0/s1. The van der Waals surface area contributed by atoms with Crippen LogP contribution >= 0.6 is 0 Å². The fraction of sp³-hybridized carbons (Fsp3) is 0.500. The van der Waals surface area contributed by atoms with Gasteiger partial charge in [-0.3, -0.25) is 18.0 Å². The van der Waals surface area contributed by atoms with E-state index in [4.69, 9.17) is 10.2 Å². The zero-order chi connectivity index (χ0) is 17.1. The molecular weight excluding hydrogens is 332 g/mol. The molecule has 0 rings (SSSR count). The minimum absolute atomic E-state index is 0.136. The summed E-state index contributed by atoms with van der Waals surface area (Å²) in [6, 6.07) is -2.48. The van der Waals surface area contributed by atoms with E-state index in [0.717, 1.165) is 0 Å². The molecule has 4 N–H and O–H groups in total. The van der Waals surface area contributed by atoms with E-state index < -0.39 is 45.6 Å². The highest BCUT2D eigenvalue weighted by atomic mass is 32.2. The van der Waals surface area contributed by atoms with Crippen LogP contribution < -0.4 is 10.9 Å². The molecule has 0 aliphatic carbocycles. The van der Waals surface area contributed by atoms with Crippen LogP contribution in [0.15, 0.2) is 25.3 Å². The van der Waals surface area contributed by atoms with Crippen LogP contribution in [0.5, 0.6) is 0 Å². The number of carboxylic acids is 2. The Bertz CT molecular complexity index is 427. The number of carboxylic acid groups (broad SMARTS) is 2. The highest BCUT2D eigenvalue weighted by Gasteiger charge is 2.24. The molecule has 22 heavy (non-hydrogen) atoms. The van der Waals surface area contributed by atoms with E-state index in [2.05, 4.69) is 24.0 Å². The number of hydrazine groups is 1. The van der Waals surface area contributed by atoms with Crippen molar-refractivity contribution in [1.29, 1.82) is 0 Å². The van der Waals surface area contributed by atoms with Gasteiger partial charge >= 0.3 is 11.9 Å². The smallest absolute Gasteiger partial charge is 0.323 e. The van der Waals surface area contributed by atoms with Crippen LogP contribution in [0.1, 0.15) is 0 Å². The van der Waals surface area contributed by atoms with Crippen molar-refractivity contribution in [2.75, 3.05) is 23.0 Å². The maximum absolute atomic E-state index is 11.5. The number of aliphatic carboxylic acids is 2. The Morgan fingerprint density at radius 2 is 1.23 bits per heavy atom. The molecule has 126 valence electrons. The quantitative estimate of drug-likeness (QED) is 0.241. The number of hydrogen-bond donors (Lipinski definition) is 4. The summed E-state index contributed by atoms with van der Waals surface area (Å²) in [5.41, 5.74) is 4.64. The van der Waals surface area contributed by atoms with Crippen LogP contribution in [0.2, 0.25) is 0 Å².